The van der Waals surface area contributed by atoms with Gasteiger partial charge in [-0.3, -0.25) is 15.1 Å². The largest absolute Gasteiger partial charge is 0.495 e. The monoisotopic (exact) mass is 469 g/mol. The van der Waals surface area contributed by atoms with Gasteiger partial charge < -0.3 is 14.8 Å². The predicted octanol–water partition coefficient (Wildman–Crippen LogP) is 5.50. The van der Waals surface area contributed by atoms with Gasteiger partial charge in [-0.2, -0.15) is 0 Å². The van der Waals surface area contributed by atoms with Gasteiger partial charge in [0.15, 0.2) is 5.03 Å². The molecule has 0 bridgehead atoms. The van der Waals surface area contributed by atoms with Crippen molar-refractivity contribution in [2.75, 3.05) is 19.5 Å². The fraction of sp³-hybridized carbons (Fsp3) is 0.0952. The van der Waals surface area contributed by atoms with Crippen LogP contribution in [-0.4, -0.2) is 34.1 Å². The highest BCUT2D eigenvalue weighted by Crippen LogP contribution is 2.42. The maximum absolute atomic E-state index is 12.0. The van der Waals surface area contributed by atoms with Gasteiger partial charge in [0.1, 0.15) is 17.8 Å². The highest BCUT2D eigenvalue weighted by atomic mass is 35.5. The van der Waals surface area contributed by atoms with E-state index in [0.717, 1.165) is 27.6 Å². The number of hydrogen-bond acceptors (Lipinski definition) is 9. The summed E-state index contributed by atoms with van der Waals surface area (Å²) in [4.78, 5) is 24.8. The van der Waals surface area contributed by atoms with Crippen molar-refractivity contribution in [2.24, 2.45) is 0 Å². The van der Waals surface area contributed by atoms with Gasteiger partial charge >= 0.3 is 5.69 Å². The molecule has 9 nitrogen and oxygen atoms in total. The maximum Gasteiger partial charge on any atom is 0.343 e. The van der Waals surface area contributed by atoms with Crippen molar-refractivity contribution in [3.63, 3.8) is 0 Å². The lowest BCUT2D eigenvalue weighted by molar-refractivity contribution is -0.387. The van der Waals surface area contributed by atoms with Crippen LogP contribution in [0.15, 0.2) is 64.9 Å². The molecule has 0 aliphatic carbocycles. The van der Waals surface area contributed by atoms with Crippen LogP contribution in [0.1, 0.15) is 0 Å². The van der Waals surface area contributed by atoms with Gasteiger partial charge in [0.2, 0.25) is 5.82 Å². The average Bonchev–Trinajstić information content (AvgIpc) is 2.79. The number of nitrogens with one attached hydrogen (secondary N) is 1. The number of rotatable bonds is 7. The van der Waals surface area contributed by atoms with E-state index in [4.69, 9.17) is 21.1 Å². The molecule has 0 atom stereocenters. The van der Waals surface area contributed by atoms with Gasteiger partial charge in [-0.05, 0) is 18.2 Å². The molecule has 2 aromatic heterocycles. The Kier molecular flexibility index (Phi) is 6.24. The number of para-hydroxylation sites is 1. The summed E-state index contributed by atoms with van der Waals surface area (Å²) in [7, 11) is 2.95. The zero-order chi connectivity index (χ0) is 22.7. The van der Waals surface area contributed by atoms with E-state index in [2.05, 4.69) is 20.3 Å². The third kappa shape index (κ3) is 4.23. The Labute approximate surface area is 191 Å². The predicted molar refractivity (Wildman–Crippen MR) is 122 cm³/mol. The lowest BCUT2D eigenvalue weighted by atomic mass is 10.2. The highest BCUT2D eigenvalue weighted by Gasteiger charge is 2.25. The summed E-state index contributed by atoms with van der Waals surface area (Å²) < 4.78 is 10.6. The Bertz CT molecular complexity index is 1320. The smallest absolute Gasteiger partial charge is 0.343 e. The van der Waals surface area contributed by atoms with Gasteiger partial charge in [-0.1, -0.05) is 41.6 Å². The molecule has 2 aromatic carbocycles. The van der Waals surface area contributed by atoms with E-state index in [1.807, 2.05) is 30.3 Å². The summed E-state index contributed by atoms with van der Waals surface area (Å²) in [6.07, 6.45) is 2.93. The number of aromatic nitrogens is 3. The molecule has 4 rings (SSSR count). The van der Waals surface area contributed by atoms with Gasteiger partial charge in [-0.25, -0.2) is 9.97 Å². The normalized spacial score (nSPS) is 10.7. The molecule has 162 valence electrons. The summed E-state index contributed by atoms with van der Waals surface area (Å²) in [5.74, 6) is 0.790. The number of nitrogens with zero attached hydrogens (tertiary/aromatic N) is 4. The molecule has 0 aliphatic heterocycles. The number of fused-ring (bicyclic) bond motifs is 1. The van der Waals surface area contributed by atoms with Crippen LogP contribution < -0.4 is 14.8 Å². The number of pyridine rings is 1. The minimum absolute atomic E-state index is 0.000212. The zero-order valence-electron chi connectivity index (χ0n) is 16.9. The van der Waals surface area contributed by atoms with Crippen LogP contribution >= 0.6 is 23.4 Å². The fourth-order valence-corrected chi connectivity index (χ4v) is 4.27. The van der Waals surface area contributed by atoms with E-state index in [1.54, 1.807) is 18.3 Å². The highest BCUT2D eigenvalue weighted by molar-refractivity contribution is 7.99. The Morgan fingerprint density at radius 1 is 1.06 bits per heavy atom. The standard InChI is InChI=1S/C21H16ClN5O4S/c1-30-15-10-16(31-2)14(9-13(15)22)26-20-19(27(28)29)21(25-11-24-20)32-17-7-3-5-12-6-4-8-23-18(12)17/h3-11H,1-2H3,(H,24,25,26). The number of ether oxygens (including phenoxy) is 2. The van der Waals surface area contributed by atoms with Gasteiger partial charge in [0, 0.05) is 22.5 Å². The molecule has 2 heterocycles. The molecule has 0 saturated heterocycles. The second-order valence-electron chi connectivity index (χ2n) is 6.38. The molecule has 0 fully saturated rings. The zero-order valence-corrected chi connectivity index (χ0v) is 18.5. The van der Waals surface area contributed by atoms with Crippen molar-refractivity contribution >= 4 is 51.5 Å². The molecule has 0 unspecified atom stereocenters. The van der Waals surface area contributed by atoms with E-state index in [9.17, 15) is 10.1 Å². The van der Waals surface area contributed by atoms with Crippen molar-refractivity contribution in [2.45, 2.75) is 9.92 Å². The van der Waals surface area contributed by atoms with Crippen LogP contribution in [0.2, 0.25) is 5.02 Å². The molecule has 0 spiro atoms. The number of benzene rings is 2. The van der Waals surface area contributed by atoms with E-state index in [1.165, 1.54) is 20.5 Å². The topological polar surface area (TPSA) is 112 Å². The lowest BCUT2D eigenvalue weighted by Gasteiger charge is -2.14. The number of anilines is 2. The number of methoxy groups -OCH3 is 2. The SMILES string of the molecule is COc1cc(OC)c(Nc2ncnc(Sc3cccc4cccnc34)c2[N+](=O)[O-])cc1Cl. The molecule has 0 amide bonds. The van der Waals surface area contributed by atoms with E-state index in [0.29, 0.717) is 22.2 Å². The Morgan fingerprint density at radius 3 is 2.59 bits per heavy atom. The Morgan fingerprint density at radius 2 is 1.84 bits per heavy atom. The van der Waals surface area contributed by atoms with Crippen molar-refractivity contribution in [3.8, 4) is 11.5 Å². The van der Waals surface area contributed by atoms with Gasteiger partial charge in [0.25, 0.3) is 0 Å². The van der Waals surface area contributed by atoms with Crippen LogP contribution in [0.3, 0.4) is 0 Å². The van der Waals surface area contributed by atoms with Crippen molar-refractivity contribution in [1.29, 1.82) is 0 Å². The minimum Gasteiger partial charge on any atom is -0.495 e. The lowest BCUT2D eigenvalue weighted by Crippen LogP contribution is -2.04. The Balaban J connectivity index is 1.77. The van der Waals surface area contributed by atoms with E-state index >= 15 is 0 Å². The number of nitro groups is 1. The van der Waals surface area contributed by atoms with E-state index in [-0.39, 0.29) is 16.5 Å². The molecule has 11 heteroatoms. The Hall–Kier alpha value is -3.63. The third-order valence-corrected chi connectivity index (χ3v) is 5.84. The molecular formula is C21H16ClN5O4S. The summed E-state index contributed by atoms with van der Waals surface area (Å²) >= 11 is 7.37. The maximum atomic E-state index is 12.0. The first kappa shape index (κ1) is 21.6. The van der Waals surface area contributed by atoms with Gasteiger partial charge in [-0.15, -0.1) is 0 Å². The van der Waals surface area contributed by atoms with E-state index < -0.39 is 4.92 Å². The first-order chi connectivity index (χ1) is 15.5. The molecular weight excluding hydrogens is 454 g/mol. The fourth-order valence-electron chi connectivity index (χ4n) is 3.04. The van der Waals surface area contributed by atoms with Crippen molar-refractivity contribution < 1.29 is 14.4 Å². The summed E-state index contributed by atoms with van der Waals surface area (Å²) in [5, 5.41) is 16.3. The molecule has 4 aromatic rings. The quantitative estimate of drug-likeness (QED) is 0.213. The second kappa shape index (κ2) is 9.25. The first-order valence-corrected chi connectivity index (χ1v) is 10.4. The van der Waals surface area contributed by atoms with Crippen molar-refractivity contribution in [3.05, 3.63) is 70.1 Å². The van der Waals surface area contributed by atoms with Crippen LogP contribution in [-0.2, 0) is 0 Å². The molecule has 0 radical (unpaired) electrons. The number of hydrogen-bond donors (Lipinski definition) is 1. The third-order valence-electron chi connectivity index (χ3n) is 4.50. The van der Waals surface area contributed by atoms with Crippen LogP contribution in [0.5, 0.6) is 11.5 Å². The van der Waals surface area contributed by atoms with Crippen LogP contribution in [0.25, 0.3) is 10.9 Å². The van der Waals surface area contributed by atoms with Gasteiger partial charge in [0.05, 0.1) is 35.4 Å². The van der Waals surface area contributed by atoms with Crippen molar-refractivity contribution in [1.82, 2.24) is 15.0 Å². The summed E-state index contributed by atoms with van der Waals surface area (Å²) in [6.45, 7) is 0. The molecule has 0 saturated carbocycles. The molecule has 1 N–H and O–H groups in total. The first-order valence-electron chi connectivity index (χ1n) is 9.21. The second-order valence-corrected chi connectivity index (χ2v) is 7.82. The molecule has 0 aliphatic rings. The van der Waals surface area contributed by atoms with Crippen LogP contribution in [0.4, 0.5) is 17.2 Å². The number of halogens is 1. The average molecular weight is 470 g/mol. The minimum atomic E-state index is -0.527. The summed E-state index contributed by atoms with van der Waals surface area (Å²) in [5.41, 5.74) is 0.841. The molecule has 32 heavy (non-hydrogen) atoms. The van der Waals surface area contributed by atoms with Crippen LogP contribution in [0, 0.1) is 10.1 Å². The summed E-state index contributed by atoms with van der Waals surface area (Å²) in [6, 6.07) is 12.5.